The maximum absolute atomic E-state index is 11.5. The van der Waals surface area contributed by atoms with Crippen molar-refractivity contribution in [2.45, 2.75) is 0 Å². The smallest absolute Gasteiger partial charge is 0.349 e. The summed E-state index contributed by atoms with van der Waals surface area (Å²) in [7, 11) is 5.37. The monoisotopic (exact) mass is 228 g/mol. The fraction of sp³-hybridized carbons (Fsp3) is 0.444. The summed E-state index contributed by atoms with van der Waals surface area (Å²) in [5.41, 5.74) is 0.0216. The Labute approximate surface area is 92.3 Å². The Bertz CT molecular complexity index is 368. The number of hydrogen-bond acceptors (Lipinski definition) is 7. The van der Waals surface area contributed by atoms with Gasteiger partial charge in [0.2, 0.25) is 11.8 Å². The van der Waals surface area contributed by atoms with E-state index in [2.05, 4.69) is 14.7 Å². The number of aromatic nitrogens is 2. The van der Waals surface area contributed by atoms with E-state index in [1.807, 2.05) is 0 Å². The SMILES string of the molecule is COC(=O)c1c(OC)nc(OC)nc1OC. The molecule has 0 saturated carbocycles. The van der Waals surface area contributed by atoms with E-state index >= 15 is 0 Å². The maximum atomic E-state index is 11.5. The average molecular weight is 228 g/mol. The van der Waals surface area contributed by atoms with Crippen molar-refractivity contribution in [1.82, 2.24) is 9.97 Å². The largest absolute Gasteiger partial charge is 0.480 e. The van der Waals surface area contributed by atoms with E-state index in [1.54, 1.807) is 0 Å². The normalized spacial score (nSPS) is 9.50. The van der Waals surface area contributed by atoms with E-state index in [0.29, 0.717) is 0 Å². The molecule has 0 aromatic carbocycles. The Balaban J connectivity index is 3.37. The zero-order chi connectivity index (χ0) is 12.1. The molecule has 0 aliphatic carbocycles. The highest BCUT2D eigenvalue weighted by Gasteiger charge is 2.23. The highest BCUT2D eigenvalue weighted by molar-refractivity contribution is 5.94. The number of nitrogens with zero attached hydrogens (tertiary/aromatic N) is 2. The molecular formula is C9H12N2O5. The highest BCUT2D eigenvalue weighted by atomic mass is 16.5. The Kier molecular flexibility index (Phi) is 3.87. The Hall–Kier alpha value is -2.05. The number of rotatable bonds is 4. The lowest BCUT2D eigenvalue weighted by molar-refractivity contribution is 0.0590. The third kappa shape index (κ3) is 2.13. The van der Waals surface area contributed by atoms with Crippen LogP contribution in [0.2, 0.25) is 0 Å². The minimum atomic E-state index is -0.642. The van der Waals surface area contributed by atoms with E-state index in [-0.39, 0.29) is 23.3 Å². The van der Waals surface area contributed by atoms with Crippen LogP contribution in [0.15, 0.2) is 0 Å². The van der Waals surface area contributed by atoms with Gasteiger partial charge >= 0.3 is 12.0 Å². The van der Waals surface area contributed by atoms with E-state index in [0.717, 1.165) is 0 Å². The summed E-state index contributed by atoms with van der Waals surface area (Å²) < 4.78 is 19.3. The minimum absolute atomic E-state index is 0.0216. The van der Waals surface area contributed by atoms with Gasteiger partial charge in [0.05, 0.1) is 28.4 Å². The molecule has 1 rings (SSSR count). The second-order valence-corrected chi connectivity index (χ2v) is 2.60. The molecule has 1 heterocycles. The highest BCUT2D eigenvalue weighted by Crippen LogP contribution is 2.27. The summed E-state index contributed by atoms with van der Waals surface area (Å²) in [6.07, 6.45) is 0. The van der Waals surface area contributed by atoms with Crippen LogP contribution >= 0.6 is 0 Å². The second-order valence-electron chi connectivity index (χ2n) is 2.60. The van der Waals surface area contributed by atoms with E-state index in [4.69, 9.17) is 14.2 Å². The summed E-state index contributed by atoms with van der Waals surface area (Å²) >= 11 is 0. The van der Waals surface area contributed by atoms with E-state index < -0.39 is 5.97 Å². The van der Waals surface area contributed by atoms with Gasteiger partial charge in [-0.25, -0.2) is 4.79 Å². The lowest BCUT2D eigenvalue weighted by atomic mass is 10.3. The van der Waals surface area contributed by atoms with Crippen molar-refractivity contribution in [3.05, 3.63) is 5.56 Å². The Morgan fingerprint density at radius 1 is 0.938 bits per heavy atom. The van der Waals surface area contributed by atoms with E-state index in [1.165, 1.54) is 28.4 Å². The molecule has 0 fully saturated rings. The van der Waals surface area contributed by atoms with Gasteiger partial charge in [-0.15, -0.1) is 0 Å². The van der Waals surface area contributed by atoms with Gasteiger partial charge in [-0.1, -0.05) is 0 Å². The molecule has 16 heavy (non-hydrogen) atoms. The summed E-state index contributed by atoms with van der Waals surface area (Å²) in [6.45, 7) is 0. The summed E-state index contributed by atoms with van der Waals surface area (Å²) in [4.78, 5) is 19.2. The molecular weight excluding hydrogens is 216 g/mol. The lowest BCUT2D eigenvalue weighted by Gasteiger charge is -2.10. The number of carbonyl (C=O) groups excluding carboxylic acids is 1. The van der Waals surface area contributed by atoms with Crippen molar-refractivity contribution in [3.8, 4) is 17.8 Å². The Morgan fingerprint density at radius 2 is 1.44 bits per heavy atom. The van der Waals surface area contributed by atoms with Gasteiger partial charge in [-0.2, -0.15) is 9.97 Å². The molecule has 0 aliphatic heterocycles. The first-order valence-electron chi connectivity index (χ1n) is 4.30. The van der Waals surface area contributed by atoms with Crippen molar-refractivity contribution in [2.75, 3.05) is 28.4 Å². The van der Waals surface area contributed by atoms with Crippen molar-refractivity contribution >= 4 is 5.97 Å². The number of carbonyl (C=O) groups is 1. The van der Waals surface area contributed by atoms with Crippen LogP contribution in [-0.4, -0.2) is 44.4 Å². The molecule has 0 radical (unpaired) electrons. The molecule has 0 saturated heterocycles. The topological polar surface area (TPSA) is 79.8 Å². The van der Waals surface area contributed by atoms with Crippen molar-refractivity contribution in [2.24, 2.45) is 0 Å². The van der Waals surface area contributed by atoms with Crippen molar-refractivity contribution in [1.29, 1.82) is 0 Å². The molecule has 7 nitrogen and oxygen atoms in total. The van der Waals surface area contributed by atoms with Crippen LogP contribution in [0.25, 0.3) is 0 Å². The summed E-state index contributed by atoms with van der Waals surface area (Å²) in [6, 6.07) is 0.0429. The number of methoxy groups -OCH3 is 4. The molecule has 0 spiro atoms. The van der Waals surface area contributed by atoms with Gasteiger partial charge in [-0.3, -0.25) is 0 Å². The van der Waals surface area contributed by atoms with Crippen LogP contribution in [0, 0.1) is 0 Å². The first kappa shape index (κ1) is 12.0. The quantitative estimate of drug-likeness (QED) is 0.685. The molecule has 0 N–H and O–H groups in total. The average Bonchev–Trinajstić information content (AvgIpc) is 2.35. The molecule has 1 aromatic heterocycles. The molecule has 0 unspecified atom stereocenters. The standard InChI is InChI=1S/C9H12N2O5/c1-13-6-5(8(12)15-3)7(14-2)11-9(10-6)16-4/h1-4H3. The molecule has 7 heteroatoms. The Morgan fingerprint density at radius 3 is 1.75 bits per heavy atom. The van der Waals surface area contributed by atoms with Crippen molar-refractivity contribution < 1.29 is 23.7 Å². The molecule has 1 aromatic rings. The third-order valence-electron chi connectivity index (χ3n) is 1.78. The fourth-order valence-electron chi connectivity index (χ4n) is 1.07. The van der Waals surface area contributed by atoms with Crippen LogP contribution in [0.5, 0.6) is 17.8 Å². The molecule has 0 atom stereocenters. The van der Waals surface area contributed by atoms with Crippen LogP contribution in [0.1, 0.15) is 10.4 Å². The maximum Gasteiger partial charge on any atom is 0.349 e. The first-order chi connectivity index (χ1) is 7.67. The first-order valence-corrected chi connectivity index (χ1v) is 4.30. The molecule has 0 bridgehead atoms. The van der Waals surface area contributed by atoms with Crippen molar-refractivity contribution in [3.63, 3.8) is 0 Å². The molecule has 88 valence electrons. The minimum Gasteiger partial charge on any atom is -0.480 e. The van der Waals surface area contributed by atoms with Gasteiger partial charge in [0.15, 0.2) is 5.56 Å². The van der Waals surface area contributed by atoms with Crippen LogP contribution in [0.4, 0.5) is 0 Å². The van der Waals surface area contributed by atoms with E-state index in [9.17, 15) is 4.79 Å². The van der Waals surface area contributed by atoms with Crippen LogP contribution in [0.3, 0.4) is 0 Å². The lowest BCUT2D eigenvalue weighted by Crippen LogP contribution is -2.10. The predicted octanol–water partition coefficient (Wildman–Crippen LogP) is 0.289. The van der Waals surface area contributed by atoms with Gasteiger partial charge in [0.1, 0.15) is 0 Å². The van der Waals surface area contributed by atoms with Gasteiger partial charge in [0.25, 0.3) is 0 Å². The zero-order valence-corrected chi connectivity index (χ0v) is 9.44. The van der Waals surface area contributed by atoms with Gasteiger partial charge < -0.3 is 18.9 Å². The molecule has 0 aliphatic rings. The number of ether oxygens (including phenoxy) is 4. The third-order valence-corrected chi connectivity index (χ3v) is 1.78. The molecule has 0 amide bonds. The van der Waals surface area contributed by atoms with Gasteiger partial charge in [-0.05, 0) is 0 Å². The zero-order valence-electron chi connectivity index (χ0n) is 9.44. The van der Waals surface area contributed by atoms with Crippen LogP contribution < -0.4 is 14.2 Å². The predicted molar refractivity (Wildman–Crippen MR) is 53.0 cm³/mol. The summed E-state index contributed by atoms with van der Waals surface area (Å²) in [5.74, 6) is -0.567. The van der Waals surface area contributed by atoms with Gasteiger partial charge in [0, 0.05) is 0 Å². The summed E-state index contributed by atoms with van der Waals surface area (Å²) in [5, 5.41) is 0. The number of esters is 1. The second kappa shape index (κ2) is 5.15. The number of hydrogen-bond donors (Lipinski definition) is 0. The fourth-order valence-corrected chi connectivity index (χ4v) is 1.07. The van der Waals surface area contributed by atoms with Crippen LogP contribution in [-0.2, 0) is 4.74 Å².